The summed E-state index contributed by atoms with van der Waals surface area (Å²) in [6, 6.07) is 15.0. The van der Waals surface area contributed by atoms with Crippen LogP contribution >= 0.6 is 0 Å². The number of nitrogens with one attached hydrogen (secondary N) is 1. The number of hydrogen-bond donors (Lipinski definition) is 1. The molecule has 1 aliphatic rings. The van der Waals surface area contributed by atoms with Crippen LogP contribution in [0.25, 0.3) is 5.69 Å². The molecule has 0 radical (unpaired) electrons. The molecule has 174 valence electrons. The molecule has 4 rings (SSSR count). The maximum absolute atomic E-state index is 13.3. The van der Waals surface area contributed by atoms with Crippen LogP contribution in [0.2, 0.25) is 0 Å². The lowest BCUT2D eigenvalue weighted by Crippen LogP contribution is -2.40. The van der Waals surface area contributed by atoms with Crippen LogP contribution in [0.5, 0.6) is 5.75 Å². The molecule has 1 atom stereocenters. The molecule has 1 N–H and O–H groups in total. The first-order chi connectivity index (χ1) is 16.0. The number of carbonyl (C=O) groups is 2. The molecule has 1 saturated heterocycles. The lowest BCUT2D eigenvalue weighted by atomic mass is 9.92. The SMILES string of the molecule is Cc1nn(-c2ccccc2)c(CN2C(=O)NC(C)(c3ccc(OC(F)(F)F)cc3)C2=O)c1C#N. The maximum atomic E-state index is 13.3. The number of imide groups is 1. The van der Waals surface area contributed by atoms with E-state index in [-0.39, 0.29) is 17.7 Å². The van der Waals surface area contributed by atoms with Crippen LogP contribution in [0.4, 0.5) is 18.0 Å². The number of benzene rings is 2. The van der Waals surface area contributed by atoms with E-state index in [0.717, 1.165) is 17.0 Å². The van der Waals surface area contributed by atoms with Crippen molar-refractivity contribution in [1.29, 1.82) is 5.26 Å². The summed E-state index contributed by atoms with van der Waals surface area (Å²) in [6.45, 7) is 2.88. The number of rotatable bonds is 5. The van der Waals surface area contributed by atoms with Crippen LogP contribution in [-0.2, 0) is 16.9 Å². The van der Waals surface area contributed by atoms with E-state index in [1.807, 2.05) is 6.07 Å². The Bertz CT molecular complexity index is 1300. The van der Waals surface area contributed by atoms with Gasteiger partial charge in [0.2, 0.25) is 0 Å². The maximum Gasteiger partial charge on any atom is 0.573 e. The summed E-state index contributed by atoms with van der Waals surface area (Å²) in [6.07, 6.45) is -4.85. The molecule has 0 aliphatic carbocycles. The smallest absolute Gasteiger partial charge is 0.406 e. The zero-order valence-corrected chi connectivity index (χ0v) is 18.1. The highest BCUT2D eigenvalue weighted by Gasteiger charge is 2.49. The van der Waals surface area contributed by atoms with E-state index in [9.17, 15) is 28.0 Å². The predicted molar refractivity (Wildman–Crippen MR) is 113 cm³/mol. The number of ether oxygens (including phenoxy) is 1. The first-order valence-electron chi connectivity index (χ1n) is 10.1. The Hall–Kier alpha value is -4.33. The Morgan fingerprint density at radius 3 is 2.35 bits per heavy atom. The topological polar surface area (TPSA) is 100 Å². The molecule has 1 unspecified atom stereocenters. The fourth-order valence-electron chi connectivity index (χ4n) is 3.83. The minimum absolute atomic E-state index is 0.228. The third-order valence-corrected chi connectivity index (χ3v) is 5.52. The van der Waals surface area contributed by atoms with Crippen molar-refractivity contribution in [3.63, 3.8) is 0 Å². The molecule has 11 heteroatoms. The third-order valence-electron chi connectivity index (χ3n) is 5.52. The van der Waals surface area contributed by atoms with Gasteiger partial charge in [0, 0.05) is 0 Å². The highest BCUT2D eigenvalue weighted by molar-refractivity contribution is 6.07. The fourth-order valence-corrected chi connectivity index (χ4v) is 3.83. The van der Waals surface area contributed by atoms with Gasteiger partial charge in [0.25, 0.3) is 5.91 Å². The number of amides is 3. The largest absolute Gasteiger partial charge is 0.573 e. The quantitative estimate of drug-likeness (QED) is 0.571. The number of nitriles is 1. The third kappa shape index (κ3) is 4.05. The molecular weight excluding hydrogens is 451 g/mol. The van der Waals surface area contributed by atoms with E-state index in [0.29, 0.717) is 17.1 Å². The average Bonchev–Trinajstić information content (AvgIpc) is 3.22. The molecular formula is C23H18F3N5O3. The van der Waals surface area contributed by atoms with Crippen LogP contribution in [0.15, 0.2) is 54.6 Å². The van der Waals surface area contributed by atoms with Gasteiger partial charge in [-0.2, -0.15) is 10.4 Å². The molecule has 0 bridgehead atoms. The van der Waals surface area contributed by atoms with Crippen LogP contribution in [-0.4, -0.2) is 33.0 Å². The summed E-state index contributed by atoms with van der Waals surface area (Å²) in [7, 11) is 0. The minimum Gasteiger partial charge on any atom is -0.406 e. The van der Waals surface area contributed by atoms with Gasteiger partial charge in [-0.15, -0.1) is 13.2 Å². The molecule has 1 aliphatic heterocycles. The number of aryl methyl sites for hydroxylation is 1. The predicted octanol–water partition coefficient (Wildman–Crippen LogP) is 3.92. The van der Waals surface area contributed by atoms with Crippen molar-refractivity contribution in [3.8, 4) is 17.5 Å². The van der Waals surface area contributed by atoms with Crippen molar-refractivity contribution < 1.29 is 27.5 Å². The van der Waals surface area contributed by atoms with Gasteiger partial charge >= 0.3 is 12.4 Å². The van der Waals surface area contributed by atoms with Crippen molar-refractivity contribution in [1.82, 2.24) is 20.0 Å². The second-order valence-electron chi connectivity index (χ2n) is 7.78. The van der Waals surface area contributed by atoms with Gasteiger partial charge < -0.3 is 10.1 Å². The molecule has 34 heavy (non-hydrogen) atoms. The molecule has 8 nitrogen and oxygen atoms in total. The zero-order chi connectivity index (χ0) is 24.7. The van der Waals surface area contributed by atoms with Gasteiger partial charge in [-0.05, 0) is 43.7 Å². The standard InChI is InChI=1S/C23H18F3N5O3/c1-14-18(12-27)19(31(29-14)16-6-4-3-5-7-16)13-30-20(32)22(2,28-21(30)33)15-8-10-17(11-9-15)34-23(24,25)26/h3-11H,13H2,1-2H3,(H,28,33). The summed E-state index contributed by atoms with van der Waals surface area (Å²) in [5.74, 6) is -1.07. The molecule has 3 amide bonds. The molecule has 1 aromatic heterocycles. The lowest BCUT2D eigenvalue weighted by molar-refractivity contribution is -0.274. The van der Waals surface area contributed by atoms with E-state index in [2.05, 4.69) is 21.2 Å². The van der Waals surface area contributed by atoms with Crippen molar-refractivity contribution in [2.24, 2.45) is 0 Å². The highest BCUT2D eigenvalue weighted by Crippen LogP contribution is 2.33. The number of hydrogen-bond acceptors (Lipinski definition) is 5. The fraction of sp³-hybridized carbons (Fsp3) is 0.217. The van der Waals surface area contributed by atoms with E-state index < -0.39 is 29.6 Å². The second kappa shape index (κ2) is 8.22. The monoisotopic (exact) mass is 469 g/mol. The van der Waals surface area contributed by atoms with E-state index in [1.165, 1.54) is 23.7 Å². The van der Waals surface area contributed by atoms with Gasteiger partial charge in [0.05, 0.1) is 29.2 Å². The summed E-state index contributed by atoms with van der Waals surface area (Å²) < 4.78 is 42.7. The van der Waals surface area contributed by atoms with Crippen molar-refractivity contribution >= 4 is 11.9 Å². The van der Waals surface area contributed by atoms with Crippen LogP contribution in [0.1, 0.15) is 29.4 Å². The van der Waals surface area contributed by atoms with Gasteiger partial charge in [-0.3, -0.25) is 9.69 Å². The summed E-state index contributed by atoms with van der Waals surface area (Å²) >= 11 is 0. The molecule has 0 saturated carbocycles. The zero-order valence-electron chi connectivity index (χ0n) is 18.1. The number of nitrogens with zero attached hydrogens (tertiary/aromatic N) is 4. The van der Waals surface area contributed by atoms with Gasteiger partial charge in [0.15, 0.2) is 0 Å². The van der Waals surface area contributed by atoms with Crippen LogP contribution in [0.3, 0.4) is 0 Å². The molecule has 2 aromatic carbocycles. The Kier molecular flexibility index (Phi) is 5.53. The number of alkyl halides is 3. The minimum atomic E-state index is -4.85. The van der Waals surface area contributed by atoms with Crippen molar-refractivity contribution in [2.45, 2.75) is 32.3 Å². The molecule has 1 fully saturated rings. The summed E-state index contributed by atoms with van der Waals surface area (Å²) in [5, 5.41) is 16.6. The van der Waals surface area contributed by atoms with Crippen molar-refractivity contribution in [3.05, 3.63) is 77.1 Å². The first kappa shape index (κ1) is 22.8. The van der Waals surface area contributed by atoms with E-state index >= 15 is 0 Å². The number of para-hydroxylation sites is 1. The number of halogens is 3. The Morgan fingerprint density at radius 1 is 1.12 bits per heavy atom. The van der Waals surface area contributed by atoms with Gasteiger partial charge in [0.1, 0.15) is 17.4 Å². The van der Waals surface area contributed by atoms with Crippen LogP contribution in [0, 0.1) is 18.3 Å². The highest BCUT2D eigenvalue weighted by atomic mass is 19.4. The first-order valence-corrected chi connectivity index (χ1v) is 10.1. The molecule has 0 spiro atoms. The van der Waals surface area contributed by atoms with Crippen molar-refractivity contribution in [2.75, 3.05) is 0 Å². The summed E-state index contributed by atoms with van der Waals surface area (Å²) in [5.41, 5.74) is 0.442. The van der Waals surface area contributed by atoms with Gasteiger partial charge in [-0.1, -0.05) is 30.3 Å². The Balaban J connectivity index is 1.65. The number of carbonyl (C=O) groups excluding carboxylic acids is 2. The van der Waals surface area contributed by atoms with Crippen LogP contribution < -0.4 is 10.1 Å². The second-order valence-corrected chi connectivity index (χ2v) is 7.78. The normalized spacial score (nSPS) is 18.1. The van der Waals surface area contributed by atoms with E-state index in [4.69, 9.17) is 0 Å². The lowest BCUT2D eigenvalue weighted by Gasteiger charge is -2.23. The number of urea groups is 1. The molecule has 2 heterocycles. The average molecular weight is 469 g/mol. The van der Waals surface area contributed by atoms with Gasteiger partial charge in [-0.25, -0.2) is 9.48 Å². The Morgan fingerprint density at radius 2 is 1.76 bits per heavy atom. The number of aromatic nitrogens is 2. The van der Waals surface area contributed by atoms with E-state index in [1.54, 1.807) is 31.2 Å². The Labute approximate surface area is 192 Å². The molecule has 3 aromatic rings. The summed E-state index contributed by atoms with van der Waals surface area (Å²) in [4.78, 5) is 27.1.